The minimum absolute atomic E-state index is 0.0370. The summed E-state index contributed by atoms with van der Waals surface area (Å²) in [6.45, 7) is 3.64. The van der Waals surface area contributed by atoms with Crippen LogP contribution in [0, 0.1) is 0 Å². The van der Waals surface area contributed by atoms with Crippen molar-refractivity contribution in [3.05, 3.63) is 29.3 Å². The van der Waals surface area contributed by atoms with Gasteiger partial charge in [0.25, 0.3) is 0 Å². The zero-order valence-electron chi connectivity index (χ0n) is 9.47. The molecule has 0 aromatic heterocycles. The monoisotopic (exact) mass is 240 g/mol. The molecule has 0 saturated carbocycles. The number of aliphatic hydroxyl groups excluding tert-OH is 1. The molecule has 0 spiro atoms. The number of rotatable bonds is 2. The Morgan fingerprint density at radius 3 is 2.81 bits per heavy atom. The van der Waals surface area contributed by atoms with E-state index in [2.05, 4.69) is 0 Å². The van der Waals surface area contributed by atoms with Crippen molar-refractivity contribution in [3.63, 3.8) is 0 Å². The van der Waals surface area contributed by atoms with Crippen LogP contribution in [0.15, 0.2) is 23.1 Å². The van der Waals surface area contributed by atoms with Crippen LogP contribution >= 0.6 is 0 Å². The minimum atomic E-state index is -3.09. The molecule has 0 radical (unpaired) electrons. The Kier molecular flexibility index (Phi) is 2.80. The van der Waals surface area contributed by atoms with Gasteiger partial charge in [-0.25, -0.2) is 8.42 Å². The van der Waals surface area contributed by atoms with Gasteiger partial charge in [0.15, 0.2) is 9.84 Å². The van der Waals surface area contributed by atoms with Gasteiger partial charge >= 0.3 is 0 Å². The molecular weight excluding hydrogens is 224 g/mol. The summed E-state index contributed by atoms with van der Waals surface area (Å²) in [5.74, 6) is 0.231. The fourth-order valence-corrected chi connectivity index (χ4v) is 4.38. The Labute approximate surface area is 96.0 Å². The lowest BCUT2D eigenvalue weighted by Gasteiger charge is -2.12. The first-order valence-electron chi connectivity index (χ1n) is 5.44. The van der Waals surface area contributed by atoms with E-state index < -0.39 is 15.9 Å². The molecule has 2 atom stereocenters. The number of fused-ring (bicyclic) bond motifs is 1. The fourth-order valence-electron chi connectivity index (χ4n) is 2.42. The quantitative estimate of drug-likeness (QED) is 0.852. The molecule has 1 N–H and O–H groups in total. The predicted octanol–water partition coefficient (Wildman–Crippen LogP) is 1.50. The summed E-state index contributed by atoms with van der Waals surface area (Å²) in [5, 5.41) is 9.40. The Morgan fingerprint density at radius 1 is 1.50 bits per heavy atom. The maximum absolute atomic E-state index is 11.8. The van der Waals surface area contributed by atoms with Crippen LogP contribution in [-0.2, 0) is 16.3 Å². The lowest BCUT2D eigenvalue weighted by molar-refractivity contribution is 0.195. The van der Waals surface area contributed by atoms with Crippen molar-refractivity contribution in [2.45, 2.75) is 37.2 Å². The first-order valence-corrected chi connectivity index (χ1v) is 7.09. The molecule has 16 heavy (non-hydrogen) atoms. The van der Waals surface area contributed by atoms with Crippen molar-refractivity contribution >= 4 is 9.84 Å². The summed E-state index contributed by atoms with van der Waals surface area (Å²) in [5.41, 5.74) is 1.87. The van der Waals surface area contributed by atoms with Gasteiger partial charge in [-0.15, -0.1) is 0 Å². The highest BCUT2D eigenvalue weighted by Crippen LogP contribution is 2.37. The molecule has 0 saturated heterocycles. The van der Waals surface area contributed by atoms with Crippen LogP contribution in [0.2, 0.25) is 0 Å². The molecule has 0 fully saturated rings. The topological polar surface area (TPSA) is 54.4 Å². The number of aliphatic hydroxyl groups is 1. The first kappa shape index (κ1) is 11.6. The van der Waals surface area contributed by atoms with Crippen molar-refractivity contribution in [2.24, 2.45) is 0 Å². The molecule has 88 valence electrons. The maximum Gasteiger partial charge on any atom is 0.179 e. The van der Waals surface area contributed by atoms with E-state index in [0.717, 1.165) is 11.1 Å². The summed E-state index contributed by atoms with van der Waals surface area (Å²) < 4.78 is 23.7. The second-order valence-electron chi connectivity index (χ2n) is 4.56. The van der Waals surface area contributed by atoms with E-state index in [1.807, 2.05) is 13.0 Å². The normalized spacial score (nSPS) is 24.1. The summed E-state index contributed by atoms with van der Waals surface area (Å²) in [7, 11) is -3.09. The Hall–Kier alpha value is -0.870. The van der Waals surface area contributed by atoms with Gasteiger partial charge in [0.2, 0.25) is 0 Å². The van der Waals surface area contributed by atoms with E-state index in [-0.39, 0.29) is 11.7 Å². The zero-order chi connectivity index (χ0) is 11.9. The molecule has 0 aliphatic carbocycles. The van der Waals surface area contributed by atoms with Gasteiger partial charge in [0.1, 0.15) is 0 Å². The van der Waals surface area contributed by atoms with E-state index in [1.54, 1.807) is 19.1 Å². The van der Waals surface area contributed by atoms with Gasteiger partial charge < -0.3 is 5.11 Å². The molecule has 1 aromatic carbocycles. The molecule has 1 heterocycles. The van der Waals surface area contributed by atoms with Gasteiger partial charge in [-0.2, -0.15) is 0 Å². The Balaban J connectivity index is 2.57. The number of sulfone groups is 1. The largest absolute Gasteiger partial charge is 0.393 e. The third-order valence-electron chi connectivity index (χ3n) is 2.97. The molecule has 0 amide bonds. The molecule has 1 aliphatic heterocycles. The highest BCUT2D eigenvalue weighted by molar-refractivity contribution is 7.91. The molecule has 1 aliphatic rings. The lowest BCUT2D eigenvalue weighted by Crippen LogP contribution is -2.07. The van der Waals surface area contributed by atoms with Crippen LogP contribution in [0.3, 0.4) is 0 Å². The van der Waals surface area contributed by atoms with Crippen LogP contribution in [0.4, 0.5) is 0 Å². The molecule has 2 unspecified atom stereocenters. The molecule has 4 heteroatoms. The van der Waals surface area contributed by atoms with Crippen molar-refractivity contribution in [2.75, 3.05) is 5.75 Å². The summed E-state index contributed by atoms with van der Waals surface area (Å²) in [6.07, 6.45) is 0.0743. The standard InChI is InChI=1S/C12H16O3S/c1-8-7-16(14,15)11-5-3-4-10(12(8)11)6-9(2)13/h3-5,8-9,13H,6-7H2,1-2H3. The van der Waals surface area contributed by atoms with Crippen LogP contribution in [0.1, 0.15) is 30.9 Å². The summed E-state index contributed by atoms with van der Waals surface area (Å²) in [6, 6.07) is 5.33. The molecule has 2 rings (SSSR count). The Bertz CT molecular complexity index is 503. The molecule has 3 nitrogen and oxygen atoms in total. The minimum Gasteiger partial charge on any atom is -0.393 e. The smallest absolute Gasteiger partial charge is 0.179 e. The molecular formula is C12H16O3S. The molecule has 1 aromatic rings. The zero-order valence-corrected chi connectivity index (χ0v) is 10.3. The Morgan fingerprint density at radius 2 is 2.19 bits per heavy atom. The number of benzene rings is 1. The molecule has 0 bridgehead atoms. The first-order chi connectivity index (χ1) is 7.42. The van der Waals surface area contributed by atoms with Crippen LogP contribution < -0.4 is 0 Å². The number of hydrogen-bond donors (Lipinski definition) is 1. The SMILES string of the molecule is CC(O)Cc1cccc2c1C(C)CS2(=O)=O. The second-order valence-corrected chi connectivity index (χ2v) is 6.57. The van der Waals surface area contributed by atoms with Gasteiger partial charge in [0.05, 0.1) is 16.8 Å². The second kappa shape index (κ2) is 3.86. The van der Waals surface area contributed by atoms with Crippen LogP contribution in [0.25, 0.3) is 0 Å². The van der Waals surface area contributed by atoms with Gasteiger partial charge in [-0.1, -0.05) is 19.1 Å². The van der Waals surface area contributed by atoms with Crippen molar-refractivity contribution in [1.29, 1.82) is 0 Å². The summed E-state index contributed by atoms with van der Waals surface area (Å²) >= 11 is 0. The predicted molar refractivity (Wildman–Crippen MR) is 62.3 cm³/mol. The van der Waals surface area contributed by atoms with Crippen molar-refractivity contribution < 1.29 is 13.5 Å². The van der Waals surface area contributed by atoms with Crippen molar-refractivity contribution in [3.8, 4) is 0 Å². The van der Waals surface area contributed by atoms with E-state index >= 15 is 0 Å². The summed E-state index contributed by atoms with van der Waals surface area (Å²) in [4.78, 5) is 0.457. The maximum atomic E-state index is 11.8. The van der Waals surface area contributed by atoms with E-state index in [9.17, 15) is 13.5 Å². The average Bonchev–Trinajstić information content (AvgIpc) is 2.37. The fraction of sp³-hybridized carbons (Fsp3) is 0.500. The highest BCUT2D eigenvalue weighted by atomic mass is 32.2. The van der Waals surface area contributed by atoms with Gasteiger partial charge in [0, 0.05) is 0 Å². The average molecular weight is 240 g/mol. The van der Waals surface area contributed by atoms with Gasteiger partial charge in [-0.05, 0) is 36.5 Å². The van der Waals surface area contributed by atoms with Crippen molar-refractivity contribution in [1.82, 2.24) is 0 Å². The lowest BCUT2D eigenvalue weighted by atomic mass is 9.94. The van der Waals surface area contributed by atoms with E-state index in [1.165, 1.54) is 0 Å². The highest BCUT2D eigenvalue weighted by Gasteiger charge is 2.33. The van der Waals surface area contributed by atoms with E-state index in [4.69, 9.17) is 0 Å². The third kappa shape index (κ3) is 1.87. The third-order valence-corrected chi connectivity index (χ3v) is 4.93. The number of hydrogen-bond acceptors (Lipinski definition) is 3. The van der Waals surface area contributed by atoms with Gasteiger partial charge in [-0.3, -0.25) is 0 Å². The van der Waals surface area contributed by atoms with E-state index in [0.29, 0.717) is 11.3 Å². The van der Waals surface area contributed by atoms with Crippen LogP contribution in [0.5, 0.6) is 0 Å². The van der Waals surface area contributed by atoms with Crippen LogP contribution in [-0.4, -0.2) is 25.4 Å².